The summed E-state index contributed by atoms with van der Waals surface area (Å²) in [5, 5.41) is 17.3. The number of amides is 1. The number of thioether (sulfide) groups is 1. The third kappa shape index (κ3) is 5.54. The summed E-state index contributed by atoms with van der Waals surface area (Å²) in [4.78, 5) is 14.7. The number of hydrogen-bond acceptors (Lipinski definition) is 7. The molecule has 0 fully saturated rings. The topological polar surface area (TPSA) is 81.9 Å². The lowest BCUT2D eigenvalue weighted by atomic mass is 10.1. The minimum absolute atomic E-state index is 0.166. The van der Waals surface area contributed by atoms with Gasteiger partial charge in [-0.3, -0.25) is 4.79 Å². The van der Waals surface area contributed by atoms with Crippen LogP contribution in [0.3, 0.4) is 0 Å². The van der Waals surface area contributed by atoms with Crippen molar-refractivity contribution in [2.24, 2.45) is 0 Å². The predicted octanol–water partition coefficient (Wildman–Crippen LogP) is 4.85. The van der Waals surface area contributed by atoms with Gasteiger partial charge < -0.3 is 10.1 Å². The molecule has 2 aromatic carbocycles. The van der Waals surface area contributed by atoms with Gasteiger partial charge in [-0.15, -0.1) is 16.4 Å². The Morgan fingerprint density at radius 3 is 2.72 bits per heavy atom. The number of benzene rings is 2. The molecular formula is C23H23N5O2S2. The number of nitrogens with one attached hydrogen (secondary N) is 1. The molecule has 0 saturated carbocycles. The predicted molar refractivity (Wildman–Crippen MR) is 127 cm³/mol. The Morgan fingerprint density at radius 2 is 1.94 bits per heavy atom. The van der Waals surface area contributed by atoms with Crippen molar-refractivity contribution < 1.29 is 9.53 Å². The van der Waals surface area contributed by atoms with Gasteiger partial charge in [0.2, 0.25) is 11.1 Å². The molecule has 0 aliphatic rings. The van der Waals surface area contributed by atoms with E-state index in [1.165, 1.54) is 16.6 Å². The van der Waals surface area contributed by atoms with E-state index in [-0.39, 0.29) is 5.91 Å². The van der Waals surface area contributed by atoms with Crippen LogP contribution in [-0.2, 0) is 17.8 Å². The summed E-state index contributed by atoms with van der Waals surface area (Å²) in [6, 6.07) is 21.2. The highest BCUT2D eigenvalue weighted by molar-refractivity contribution is 8.00. The fraction of sp³-hybridized carbons (Fsp3) is 0.217. The molecule has 0 radical (unpaired) electrons. The van der Waals surface area contributed by atoms with Crippen LogP contribution in [0.15, 0.2) is 77.3 Å². The molecule has 32 heavy (non-hydrogen) atoms. The Kier molecular flexibility index (Phi) is 7.52. The van der Waals surface area contributed by atoms with Gasteiger partial charge in [-0.1, -0.05) is 60.3 Å². The molecule has 0 spiro atoms. The van der Waals surface area contributed by atoms with Gasteiger partial charge in [-0.05, 0) is 46.5 Å². The van der Waals surface area contributed by atoms with E-state index in [4.69, 9.17) is 4.74 Å². The number of rotatable bonds is 10. The summed E-state index contributed by atoms with van der Waals surface area (Å²) in [5.41, 5.74) is 1.51. The summed E-state index contributed by atoms with van der Waals surface area (Å²) in [7, 11) is 0. The maximum atomic E-state index is 13.4. The molecule has 0 bridgehead atoms. The van der Waals surface area contributed by atoms with Crippen LogP contribution in [-0.4, -0.2) is 32.7 Å². The van der Waals surface area contributed by atoms with Gasteiger partial charge >= 0.3 is 0 Å². The standard InChI is InChI=1S/C23H23N5O2S2/c1-2-30-20-13-7-6-12-19(20)24-22(29)21(17-9-4-3-5-10-17)32-23-25-26-27-28(23)15-14-18-11-8-16-31-18/h3-13,16,21H,2,14-15H2,1H3,(H,24,29). The Balaban J connectivity index is 1.55. The first-order valence-corrected chi connectivity index (χ1v) is 12.0. The lowest BCUT2D eigenvalue weighted by molar-refractivity contribution is -0.115. The van der Waals surface area contributed by atoms with Gasteiger partial charge in [-0.2, -0.15) is 0 Å². The van der Waals surface area contributed by atoms with Crippen molar-refractivity contribution in [3.05, 3.63) is 82.6 Å². The first-order chi connectivity index (χ1) is 15.7. The number of para-hydroxylation sites is 2. The van der Waals surface area contributed by atoms with Gasteiger partial charge in [-0.25, -0.2) is 4.68 Å². The highest BCUT2D eigenvalue weighted by Gasteiger charge is 2.26. The van der Waals surface area contributed by atoms with Crippen LogP contribution in [0.2, 0.25) is 0 Å². The Bertz CT molecular complexity index is 1130. The smallest absolute Gasteiger partial charge is 0.242 e. The molecule has 1 atom stereocenters. The highest BCUT2D eigenvalue weighted by atomic mass is 32.2. The Hall–Kier alpha value is -3.17. The summed E-state index contributed by atoms with van der Waals surface area (Å²) in [5.74, 6) is 0.474. The van der Waals surface area contributed by atoms with Crippen LogP contribution < -0.4 is 10.1 Å². The third-order valence-corrected chi connectivity index (χ3v) is 6.82. The van der Waals surface area contributed by atoms with E-state index >= 15 is 0 Å². The van der Waals surface area contributed by atoms with Crippen LogP contribution in [0.4, 0.5) is 5.69 Å². The zero-order chi connectivity index (χ0) is 22.2. The number of ether oxygens (including phenoxy) is 1. The van der Waals surface area contributed by atoms with E-state index in [0.29, 0.717) is 29.7 Å². The summed E-state index contributed by atoms with van der Waals surface area (Å²) in [6.45, 7) is 3.08. The van der Waals surface area contributed by atoms with Crippen molar-refractivity contribution in [1.29, 1.82) is 0 Å². The number of carbonyl (C=O) groups excluding carboxylic acids is 1. The monoisotopic (exact) mass is 465 g/mol. The highest BCUT2D eigenvalue weighted by Crippen LogP contribution is 2.36. The number of tetrazole rings is 1. The molecule has 0 saturated heterocycles. The second-order valence-electron chi connectivity index (χ2n) is 6.84. The molecule has 4 rings (SSSR count). The minimum Gasteiger partial charge on any atom is -0.492 e. The normalized spacial score (nSPS) is 11.8. The third-order valence-electron chi connectivity index (χ3n) is 4.66. The van der Waals surface area contributed by atoms with Crippen molar-refractivity contribution in [1.82, 2.24) is 20.2 Å². The molecule has 4 aromatic rings. The molecule has 1 N–H and O–H groups in total. The van der Waals surface area contributed by atoms with E-state index in [2.05, 4.69) is 32.3 Å². The van der Waals surface area contributed by atoms with Crippen LogP contribution in [0.25, 0.3) is 0 Å². The van der Waals surface area contributed by atoms with Crippen molar-refractivity contribution >= 4 is 34.7 Å². The fourth-order valence-corrected chi connectivity index (χ4v) is 4.85. The van der Waals surface area contributed by atoms with Crippen LogP contribution >= 0.6 is 23.1 Å². The second kappa shape index (κ2) is 10.9. The molecule has 9 heteroatoms. The average Bonchev–Trinajstić information content (AvgIpc) is 3.50. The number of hydrogen-bond donors (Lipinski definition) is 1. The fourth-order valence-electron chi connectivity index (χ4n) is 3.15. The Labute approximate surface area is 194 Å². The van der Waals surface area contributed by atoms with E-state index in [1.54, 1.807) is 16.0 Å². The molecule has 2 heterocycles. The molecule has 0 aliphatic heterocycles. The van der Waals surface area contributed by atoms with Gasteiger partial charge in [0.1, 0.15) is 11.0 Å². The second-order valence-corrected chi connectivity index (χ2v) is 8.95. The van der Waals surface area contributed by atoms with E-state index in [1.807, 2.05) is 67.6 Å². The number of carbonyl (C=O) groups is 1. The molecular weight excluding hydrogens is 442 g/mol. The first-order valence-electron chi connectivity index (χ1n) is 10.3. The van der Waals surface area contributed by atoms with E-state index < -0.39 is 5.25 Å². The van der Waals surface area contributed by atoms with Gasteiger partial charge in [0, 0.05) is 11.3 Å². The van der Waals surface area contributed by atoms with Crippen LogP contribution in [0, 0.1) is 0 Å². The Morgan fingerprint density at radius 1 is 1.12 bits per heavy atom. The molecule has 1 amide bonds. The largest absolute Gasteiger partial charge is 0.492 e. The SMILES string of the molecule is CCOc1ccccc1NC(=O)C(Sc1nnnn1CCc1cccs1)c1ccccc1. The number of aryl methyl sites for hydroxylation is 2. The quantitative estimate of drug-likeness (QED) is 0.337. The number of aromatic nitrogens is 4. The first kappa shape index (κ1) is 22.0. The lowest BCUT2D eigenvalue weighted by Gasteiger charge is -2.18. The number of anilines is 1. The van der Waals surface area contributed by atoms with Crippen molar-refractivity contribution in [2.45, 2.75) is 30.3 Å². The van der Waals surface area contributed by atoms with E-state index in [0.717, 1.165) is 12.0 Å². The van der Waals surface area contributed by atoms with Crippen molar-refractivity contribution in [3.8, 4) is 5.75 Å². The molecule has 164 valence electrons. The molecule has 1 unspecified atom stereocenters. The molecule has 7 nitrogen and oxygen atoms in total. The van der Waals surface area contributed by atoms with Gasteiger partial charge in [0.15, 0.2) is 0 Å². The zero-order valence-corrected chi connectivity index (χ0v) is 19.2. The molecule has 2 aromatic heterocycles. The van der Waals surface area contributed by atoms with E-state index in [9.17, 15) is 4.79 Å². The molecule has 0 aliphatic carbocycles. The zero-order valence-electron chi connectivity index (χ0n) is 17.5. The van der Waals surface area contributed by atoms with Crippen LogP contribution in [0.1, 0.15) is 22.6 Å². The maximum Gasteiger partial charge on any atom is 0.242 e. The maximum absolute atomic E-state index is 13.4. The van der Waals surface area contributed by atoms with Crippen LogP contribution in [0.5, 0.6) is 5.75 Å². The summed E-state index contributed by atoms with van der Waals surface area (Å²) < 4.78 is 7.41. The van der Waals surface area contributed by atoms with Crippen molar-refractivity contribution in [3.63, 3.8) is 0 Å². The number of nitrogens with zero attached hydrogens (tertiary/aromatic N) is 4. The van der Waals surface area contributed by atoms with Crippen molar-refractivity contribution in [2.75, 3.05) is 11.9 Å². The summed E-state index contributed by atoms with van der Waals surface area (Å²) >= 11 is 3.04. The lowest BCUT2D eigenvalue weighted by Crippen LogP contribution is -2.20. The summed E-state index contributed by atoms with van der Waals surface area (Å²) in [6.07, 6.45) is 0.834. The van der Waals surface area contributed by atoms with Gasteiger partial charge in [0.25, 0.3) is 0 Å². The minimum atomic E-state index is -0.530. The van der Waals surface area contributed by atoms with Gasteiger partial charge in [0.05, 0.1) is 18.8 Å². The average molecular weight is 466 g/mol. The number of thiophene rings is 1.